The highest BCUT2D eigenvalue weighted by Gasteiger charge is 2.21. The summed E-state index contributed by atoms with van der Waals surface area (Å²) in [5.41, 5.74) is 1.32. The minimum Gasteiger partial charge on any atom is -0.480 e. The number of carboxylic acid groups (broad SMARTS) is 1. The van der Waals surface area contributed by atoms with Crippen LogP contribution in [-0.2, 0) is 11.2 Å². The van der Waals surface area contributed by atoms with E-state index in [0.717, 1.165) is 12.1 Å². The summed E-state index contributed by atoms with van der Waals surface area (Å²) in [6, 6.07) is 12.1. The summed E-state index contributed by atoms with van der Waals surface area (Å²) in [6.07, 6.45) is 0.0774. The van der Waals surface area contributed by atoms with Crippen LogP contribution < -0.4 is 5.32 Å². The number of hydrogen-bond acceptors (Lipinski definition) is 3. The van der Waals surface area contributed by atoms with Gasteiger partial charge in [-0.25, -0.2) is 9.18 Å². The van der Waals surface area contributed by atoms with E-state index in [1.54, 1.807) is 24.3 Å². The van der Waals surface area contributed by atoms with Crippen molar-refractivity contribution in [1.82, 2.24) is 5.32 Å². The van der Waals surface area contributed by atoms with Crippen molar-refractivity contribution in [3.8, 4) is 6.07 Å². The molecule has 5 nitrogen and oxygen atoms in total. The van der Waals surface area contributed by atoms with E-state index in [9.17, 15) is 19.1 Å². The molecule has 1 amide bonds. The topological polar surface area (TPSA) is 90.2 Å². The number of nitriles is 1. The van der Waals surface area contributed by atoms with Gasteiger partial charge in [0.15, 0.2) is 0 Å². The maximum absolute atomic E-state index is 12.8. The minimum atomic E-state index is -1.18. The second-order valence-electron chi connectivity index (χ2n) is 4.88. The molecule has 116 valence electrons. The molecule has 0 bridgehead atoms. The smallest absolute Gasteiger partial charge is 0.326 e. The number of nitrogens with one attached hydrogen (secondary N) is 1. The molecule has 1 atom stereocenters. The monoisotopic (exact) mass is 312 g/mol. The van der Waals surface area contributed by atoms with Crippen LogP contribution in [0.3, 0.4) is 0 Å². The fraction of sp³-hybridized carbons (Fsp3) is 0.118. The number of halogens is 1. The molecule has 0 unspecified atom stereocenters. The first-order valence-electron chi connectivity index (χ1n) is 6.78. The van der Waals surface area contributed by atoms with Gasteiger partial charge in [0.25, 0.3) is 5.91 Å². The van der Waals surface area contributed by atoms with Gasteiger partial charge in [-0.2, -0.15) is 5.26 Å². The zero-order valence-corrected chi connectivity index (χ0v) is 12.0. The molecule has 0 fully saturated rings. The molecule has 2 aromatic carbocycles. The third kappa shape index (κ3) is 4.38. The van der Waals surface area contributed by atoms with Gasteiger partial charge in [0.2, 0.25) is 0 Å². The van der Waals surface area contributed by atoms with Crippen LogP contribution in [0.4, 0.5) is 4.39 Å². The van der Waals surface area contributed by atoms with E-state index in [1.165, 1.54) is 12.1 Å². The molecular formula is C17H13FN2O3. The zero-order chi connectivity index (χ0) is 16.8. The highest BCUT2D eigenvalue weighted by Crippen LogP contribution is 2.08. The molecule has 0 aliphatic carbocycles. The first-order valence-corrected chi connectivity index (χ1v) is 6.78. The lowest BCUT2D eigenvalue weighted by atomic mass is 10.0. The van der Waals surface area contributed by atoms with Crippen molar-refractivity contribution in [3.63, 3.8) is 0 Å². The van der Waals surface area contributed by atoms with E-state index >= 15 is 0 Å². The van der Waals surface area contributed by atoms with Gasteiger partial charge < -0.3 is 10.4 Å². The molecule has 0 heterocycles. The number of aliphatic carboxylic acids is 1. The Hall–Kier alpha value is -3.20. The van der Waals surface area contributed by atoms with Gasteiger partial charge in [-0.15, -0.1) is 0 Å². The number of rotatable bonds is 5. The van der Waals surface area contributed by atoms with Crippen LogP contribution in [-0.4, -0.2) is 23.0 Å². The van der Waals surface area contributed by atoms with Crippen LogP contribution in [0.1, 0.15) is 21.5 Å². The highest BCUT2D eigenvalue weighted by molar-refractivity contribution is 5.96. The van der Waals surface area contributed by atoms with E-state index < -0.39 is 23.7 Å². The first-order chi connectivity index (χ1) is 11.0. The van der Waals surface area contributed by atoms with E-state index in [0.29, 0.717) is 11.1 Å². The molecule has 6 heteroatoms. The van der Waals surface area contributed by atoms with E-state index in [4.69, 9.17) is 5.26 Å². The van der Waals surface area contributed by atoms with Crippen molar-refractivity contribution >= 4 is 11.9 Å². The number of benzene rings is 2. The number of carboxylic acids is 1. The van der Waals surface area contributed by atoms with Gasteiger partial charge >= 0.3 is 5.97 Å². The summed E-state index contributed by atoms with van der Waals surface area (Å²) in [5, 5.41) is 20.4. The standard InChI is InChI=1S/C17H13FN2O3/c18-14-7-5-13(6-8-14)16(21)20-15(17(22)23)9-11-1-3-12(10-19)4-2-11/h1-8,15H,9H2,(H,20,21)(H,22,23)/t15-/m1/s1. The summed E-state index contributed by atoms with van der Waals surface area (Å²) in [7, 11) is 0. The summed E-state index contributed by atoms with van der Waals surface area (Å²) >= 11 is 0. The molecule has 2 rings (SSSR count). The molecule has 0 aliphatic rings. The average Bonchev–Trinajstić information content (AvgIpc) is 2.55. The number of hydrogen-bond donors (Lipinski definition) is 2. The van der Waals surface area contributed by atoms with Crippen molar-refractivity contribution < 1.29 is 19.1 Å². The van der Waals surface area contributed by atoms with E-state index in [2.05, 4.69) is 5.32 Å². The van der Waals surface area contributed by atoms with Gasteiger partial charge in [-0.1, -0.05) is 12.1 Å². The Morgan fingerprint density at radius 3 is 2.26 bits per heavy atom. The molecule has 0 aliphatic heterocycles. The molecule has 0 saturated carbocycles. The Morgan fingerprint density at radius 1 is 1.13 bits per heavy atom. The Morgan fingerprint density at radius 2 is 1.74 bits per heavy atom. The lowest BCUT2D eigenvalue weighted by molar-refractivity contribution is -0.139. The average molecular weight is 312 g/mol. The van der Waals surface area contributed by atoms with Crippen LogP contribution >= 0.6 is 0 Å². The van der Waals surface area contributed by atoms with Gasteiger partial charge in [-0.05, 0) is 42.0 Å². The zero-order valence-electron chi connectivity index (χ0n) is 12.0. The van der Waals surface area contributed by atoms with Crippen molar-refractivity contribution in [3.05, 3.63) is 71.0 Å². The van der Waals surface area contributed by atoms with Crippen LogP contribution in [0.5, 0.6) is 0 Å². The van der Waals surface area contributed by atoms with Crippen molar-refractivity contribution in [1.29, 1.82) is 5.26 Å². The quantitative estimate of drug-likeness (QED) is 0.885. The van der Waals surface area contributed by atoms with Gasteiger partial charge in [0.1, 0.15) is 11.9 Å². The SMILES string of the molecule is N#Cc1ccc(C[C@@H](NC(=O)c2ccc(F)cc2)C(=O)O)cc1. The predicted octanol–water partition coefficient (Wildman–Crippen LogP) is 2.12. The second-order valence-corrected chi connectivity index (χ2v) is 4.88. The largest absolute Gasteiger partial charge is 0.480 e. The summed E-state index contributed by atoms with van der Waals surface area (Å²) in [5.74, 6) is -2.25. The number of amides is 1. The molecular weight excluding hydrogens is 299 g/mol. The maximum Gasteiger partial charge on any atom is 0.326 e. The molecule has 0 saturated heterocycles. The first kappa shape index (κ1) is 16.2. The fourth-order valence-corrected chi connectivity index (χ4v) is 1.99. The number of carbonyl (C=O) groups is 2. The van der Waals surface area contributed by atoms with Crippen LogP contribution in [0.25, 0.3) is 0 Å². The Kier molecular flexibility index (Phi) is 5.05. The minimum absolute atomic E-state index is 0.0774. The number of nitrogens with zero attached hydrogens (tertiary/aromatic N) is 1. The molecule has 0 spiro atoms. The van der Waals surface area contributed by atoms with Crippen LogP contribution in [0, 0.1) is 17.1 Å². The normalized spacial score (nSPS) is 11.3. The molecule has 2 N–H and O–H groups in total. The molecule has 23 heavy (non-hydrogen) atoms. The highest BCUT2D eigenvalue weighted by atomic mass is 19.1. The summed E-state index contributed by atoms with van der Waals surface area (Å²) in [4.78, 5) is 23.3. The predicted molar refractivity (Wildman–Crippen MR) is 80.2 cm³/mol. The lowest BCUT2D eigenvalue weighted by Gasteiger charge is -2.14. The van der Waals surface area contributed by atoms with Crippen LogP contribution in [0.2, 0.25) is 0 Å². The van der Waals surface area contributed by atoms with Crippen molar-refractivity contribution in [2.45, 2.75) is 12.5 Å². The third-order valence-electron chi connectivity index (χ3n) is 3.23. The van der Waals surface area contributed by atoms with Gasteiger partial charge in [-0.3, -0.25) is 4.79 Å². The third-order valence-corrected chi connectivity index (χ3v) is 3.23. The second kappa shape index (κ2) is 7.18. The Labute approximate surface area is 132 Å². The van der Waals surface area contributed by atoms with Gasteiger partial charge in [0.05, 0.1) is 11.6 Å². The van der Waals surface area contributed by atoms with E-state index in [-0.39, 0.29) is 12.0 Å². The summed E-state index contributed by atoms with van der Waals surface area (Å²) in [6.45, 7) is 0. The molecule has 0 radical (unpaired) electrons. The van der Waals surface area contributed by atoms with E-state index in [1.807, 2.05) is 6.07 Å². The molecule has 0 aromatic heterocycles. The Bertz CT molecular complexity index is 749. The summed E-state index contributed by atoms with van der Waals surface area (Å²) < 4.78 is 12.8. The Balaban J connectivity index is 2.09. The maximum atomic E-state index is 12.8. The lowest BCUT2D eigenvalue weighted by Crippen LogP contribution is -2.42. The fourth-order valence-electron chi connectivity index (χ4n) is 1.99. The van der Waals surface area contributed by atoms with Crippen LogP contribution in [0.15, 0.2) is 48.5 Å². The van der Waals surface area contributed by atoms with Crippen molar-refractivity contribution in [2.75, 3.05) is 0 Å². The van der Waals surface area contributed by atoms with Gasteiger partial charge in [0, 0.05) is 12.0 Å². The number of carbonyl (C=O) groups excluding carboxylic acids is 1. The molecule has 2 aromatic rings. The van der Waals surface area contributed by atoms with Crippen molar-refractivity contribution in [2.24, 2.45) is 0 Å².